The van der Waals surface area contributed by atoms with E-state index in [4.69, 9.17) is 11.6 Å². The van der Waals surface area contributed by atoms with Crippen molar-refractivity contribution in [1.82, 2.24) is 10.2 Å². The Bertz CT molecular complexity index is 442. The first-order chi connectivity index (χ1) is 8.91. The third-order valence-electron chi connectivity index (χ3n) is 3.69. The lowest BCUT2D eigenvalue weighted by atomic mass is 10.2. The Labute approximate surface area is 118 Å². The fraction of sp³-hybridized carbons (Fsp3) is 0.909. The number of alkyl halides is 1. The molecule has 0 aromatic heterocycles. The van der Waals surface area contributed by atoms with E-state index in [1.807, 2.05) is 4.90 Å². The molecule has 2 aliphatic heterocycles. The highest BCUT2D eigenvalue weighted by atomic mass is 35.5. The van der Waals surface area contributed by atoms with Crippen LogP contribution in [0.2, 0.25) is 0 Å². The largest absolute Gasteiger partial charge is 0.395 e. The lowest BCUT2D eigenvalue weighted by Crippen LogP contribution is -2.47. The smallest absolute Gasteiger partial charge is 0.234 e. The van der Waals surface area contributed by atoms with Crippen LogP contribution in [-0.4, -0.2) is 73.0 Å². The van der Waals surface area contributed by atoms with Crippen molar-refractivity contribution in [3.63, 3.8) is 0 Å². The Morgan fingerprint density at radius 3 is 2.74 bits per heavy atom. The molecule has 2 saturated heterocycles. The third kappa shape index (κ3) is 3.81. The summed E-state index contributed by atoms with van der Waals surface area (Å²) in [6, 6.07) is -0.473. The standard InChI is InChI=1S/C11H19ClN2O4S/c12-9-6-19(17,18)7-10(9)13-11(16)4-14-3-1-2-8(14)5-15/h8-10,15H,1-7H2,(H,13,16)/t8-,9?,10?/m0/s1. The average molecular weight is 311 g/mol. The molecule has 2 heterocycles. The molecule has 0 bridgehead atoms. The average Bonchev–Trinajstić information content (AvgIpc) is 2.83. The number of halogens is 1. The molecule has 8 heteroatoms. The van der Waals surface area contributed by atoms with E-state index >= 15 is 0 Å². The first kappa shape index (κ1) is 15.0. The van der Waals surface area contributed by atoms with Gasteiger partial charge in [-0.25, -0.2) is 8.42 Å². The Morgan fingerprint density at radius 1 is 1.42 bits per heavy atom. The molecule has 0 saturated carbocycles. The Morgan fingerprint density at radius 2 is 2.16 bits per heavy atom. The van der Waals surface area contributed by atoms with Gasteiger partial charge in [-0.1, -0.05) is 0 Å². The van der Waals surface area contributed by atoms with Gasteiger partial charge in [0.2, 0.25) is 5.91 Å². The molecule has 6 nitrogen and oxygen atoms in total. The molecule has 2 fully saturated rings. The highest BCUT2D eigenvalue weighted by Gasteiger charge is 2.37. The number of carbonyl (C=O) groups excluding carboxylic acids is 1. The maximum Gasteiger partial charge on any atom is 0.234 e. The van der Waals surface area contributed by atoms with Crippen LogP contribution < -0.4 is 5.32 Å². The Kier molecular flexibility index (Phi) is 4.70. The van der Waals surface area contributed by atoms with E-state index in [2.05, 4.69) is 5.32 Å². The minimum absolute atomic E-state index is 0.0323. The number of likely N-dealkylation sites (tertiary alicyclic amines) is 1. The summed E-state index contributed by atoms with van der Waals surface area (Å²) in [6.07, 6.45) is 1.86. The fourth-order valence-corrected chi connectivity index (χ4v) is 5.23. The summed E-state index contributed by atoms with van der Waals surface area (Å²) in [7, 11) is -3.13. The number of nitrogens with zero attached hydrogens (tertiary/aromatic N) is 1. The van der Waals surface area contributed by atoms with Gasteiger partial charge in [-0.15, -0.1) is 11.6 Å². The Balaban J connectivity index is 1.85. The van der Waals surface area contributed by atoms with Gasteiger partial charge in [-0.05, 0) is 19.4 Å². The number of hydrogen-bond acceptors (Lipinski definition) is 5. The van der Waals surface area contributed by atoms with Crippen LogP contribution in [0.3, 0.4) is 0 Å². The number of amides is 1. The van der Waals surface area contributed by atoms with Gasteiger partial charge in [0, 0.05) is 6.04 Å². The van der Waals surface area contributed by atoms with Gasteiger partial charge >= 0.3 is 0 Å². The van der Waals surface area contributed by atoms with Gasteiger partial charge in [-0.2, -0.15) is 0 Å². The zero-order valence-electron chi connectivity index (χ0n) is 10.6. The second kappa shape index (κ2) is 5.95. The summed E-state index contributed by atoms with van der Waals surface area (Å²) in [4.78, 5) is 13.8. The summed E-state index contributed by atoms with van der Waals surface area (Å²) < 4.78 is 22.8. The molecular formula is C11H19ClN2O4S. The second-order valence-corrected chi connectivity index (χ2v) is 7.93. The second-order valence-electron chi connectivity index (χ2n) is 5.22. The van der Waals surface area contributed by atoms with Crippen molar-refractivity contribution in [1.29, 1.82) is 0 Å². The number of rotatable bonds is 4. The summed E-state index contributed by atoms with van der Waals surface area (Å²) in [5.74, 6) is -0.396. The van der Waals surface area contributed by atoms with Crippen molar-refractivity contribution in [2.24, 2.45) is 0 Å². The van der Waals surface area contributed by atoms with Crippen LogP contribution in [0.25, 0.3) is 0 Å². The van der Waals surface area contributed by atoms with E-state index in [0.717, 1.165) is 19.4 Å². The van der Waals surface area contributed by atoms with Crippen LogP contribution in [0, 0.1) is 0 Å². The molecular weight excluding hydrogens is 292 g/mol. The number of nitrogens with one attached hydrogen (secondary N) is 1. The van der Waals surface area contributed by atoms with E-state index in [-0.39, 0.29) is 36.6 Å². The van der Waals surface area contributed by atoms with Crippen LogP contribution in [0.4, 0.5) is 0 Å². The van der Waals surface area contributed by atoms with Crippen LogP contribution in [0.15, 0.2) is 0 Å². The van der Waals surface area contributed by atoms with E-state index in [9.17, 15) is 18.3 Å². The van der Waals surface area contributed by atoms with Gasteiger partial charge in [0.25, 0.3) is 0 Å². The van der Waals surface area contributed by atoms with Crippen molar-refractivity contribution >= 4 is 27.3 Å². The molecule has 19 heavy (non-hydrogen) atoms. The fourth-order valence-electron chi connectivity index (χ4n) is 2.68. The topological polar surface area (TPSA) is 86.7 Å². The summed E-state index contributed by atoms with van der Waals surface area (Å²) >= 11 is 5.93. The molecule has 3 atom stereocenters. The molecule has 2 aliphatic rings. The first-order valence-corrected chi connectivity index (χ1v) is 8.66. The van der Waals surface area contributed by atoms with E-state index in [0.29, 0.717) is 0 Å². The van der Waals surface area contributed by atoms with Crippen LogP contribution in [0.5, 0.6) is 0 Å². The molecule has 0 aromatic carbocycles. The minimum Gasteiger partial charge on any atom is -0.395 e. The minimum atomic E-state index is -3.13. The molecule has 0 spiro atoms. The van der Waals surface area contributed by atoms with Crippen LogP contribution >= 0.6 is 11.6 Å². The quantitative estimate of drug-likeness (QED) is 0.648. The van der Waals surface area contributed by atoms with Gasteiger partial charge < -0.3 is 10.4 Å². The SMILES string of the molecule is O=C(CN1CCC[C@H]1CO)NC1CS(=O)(=O)CC1Cl. The number of aliphatic hydroxyl groups is 1. The molecule has 0 radical (unpaired) electrons. The van der Waals surface area contributed by atoms with E-state index in [1.165, 1.54) is 0 Å². The monoisotopic (exact) mass is 310 g/mol. The number of sulfone groups is 1. The predicted octanol–water partition coefficient (Wildman–Crippen LogP) is -1.04. The van der Waals surface area contributed by atoms with Gasteiger partial charge in [0.1, 0.15) is 0 Å². The predicted molar refractivity (Wildman–Crippen MR) is 71.9 cm³/mol. The van der Waals surface area contributed by atoms with E-state index in [1.54, 1.807) is 0 Å². The maximum absolute atomic E-state index is 11.9. The molecule has 1 amide bonds. The summed E-state index contributed by atoms with van der Waals surface area (Å²) in [6.45, 7) is 1.01. The molecule has 110 valence electrons. The van der Waals surface area contributed by atoms with Crippen molar-refractivity contribution in [3.05, 3.63) is 0 Å². The molecule has 2 unspecified atom stereocenters. The number of aliphatic hydroxyl groups excluding tert-OH is 1. The zero-order valence-corrected chi connectivity index (χ0v) is 12.2. The molecule has 2 rings (SSSR count). The third-order valence-corrected chi connectivity index (χ3v) is 6.06. The van der Waals surface area contributed by atoms with Gasteiger partial charge in [0.15, 0.2) is 9.84 Å². The lowest BCUT2D eigenvalue weighted by molar-refractivity contribution is -0.123. The number of hydrogen-bond donors (Lipinski definition) is 2. The first-order valence-electron chi connectivity index (χ1n) is 6.40. The summed E-state index contributed by atoms with van der Waals surface area (Å²) in [5, 5.41) is 11.3. The molecule has 0 aliphatic carbocycles. The normalized spacial score (nSPS) is 34.5. The molecule has 0 aromatic rings. The maximum atomic E-state index is 11.9. The summed E-state index contributed by atoms with van der Waals surface area (Å²) in [5.41, 5.74) is 0. The van der Waals surface area contributed by atoms with Crippen molar-refractivity contribution in [2.75, 3.05) is 31.2 Å². The lowest BCUT2D eigenvalue weighted by Gasteiger charge is -2.23. The number of carbonyl (C=O) groups is 1. The van der Waals surface area contributed by atoms with Gasteiger partial charge in [0.05, 0.1) is 36.1 Å². The van der Waals surface area contributed by atoms with Crippen molar-refractivity contribution < 1.29 is 18.3 Å². The van der Waals surface area contributed by atoms with E-state index < -0.39 is 21.3 Å². The van der Waals surface area contributed by atoms with Gasteiger partial charge in [-0.3, -0.25) is 9.69 Å². The van der Waals surface area contributed by atoms with Crippen molar-refractivity contribution in [2.45, 2.75) is 30.3 Å². The van der Waals surface area contributed by atoms with Crippen LogP contribution in [-0.2, 0) is 14.6 Å². The van der Waals surface area contributed by atoms with Crippen molar-refractivity contribution in [3.8, 4) is 0 Å². The van der Waals surface area contributed by atoms with Crippen LogP contribution in [0.1, 0.15) is 12.8 Å². The Hall–Kier alpha value is -0.370. The highest BCUT2D eigenvalue weighted by Crippen LogP contribution is 2.19. The zero-order chi connectivity index (χ0) is 14.0. The molecule has 2 N–H and O–H groups in total. The highest BCUT2D eigenvalue weighted by molar-refractivity contribution is 7.91.